The van der Waals surface area contributed by atoms with Crippen LogP contribution in [0.5, 0.6) is 5.75 Å². The molecule has 0 aliphatic carbocycles. The van der Waals surface area contributed by atoms with Gasteiger partial charge >= 0.3 is 5.97 Å². The first-order chi connectivity index (χ1) is 18.7. The molecule has 39 heavy (non-hydrogen) atoms. The summed E-state index contributed by atoms with van der Waals surface area (Å²) in [6.45, 7) is 1.53. The second kappa shape index (κ2) is 13.0. The number of carbonyl (C=O) groups is 1. The van der Waals surface area contributed by atoms with Crippen molar-refractivity contribution in [2.45, 2.75) is 36.7 Å². The Morgan fingerprint density at radius 3 is 2.69 bits per heavy atom. The number of hydrogen-bond donors (Lipinski definition) is 2. The first-order valence-corrected chi connectivity index (χ1v) is 13.7. The number of fused-ring (bicyclic) bond motifs is 1. The zero-order chi connectivity index (χ0) is 28.1. The minimum absolute atomic E-state index is 0.0355. The third-order valence-electron chi connectivity index (χ3n) is 7.29. The zero-order valence-electron chi connectivity index (χ0n) is 21.4. The Kier molecular flexibility index (Phi) is 9.68. The van der Waals surface area contributed by atoms with Crippen molar-refractivity contribution in [3.8, 4) is 5.75 Å². The van der Waals surface area contributed by atoms with Gasteiger partial charge in [-0.25, -0.2) is 17.6 Å². The number of carboxylic acid groups (broad SMARTS) is 1. The number of aliphatic carboxylic acids is 1. The molecule has 3 atom stereocenters. The predicted molar refractivity (Wildman–Crippen MR) is 140 cm³/mol. The molecule has 1 fully saturated rings. The molecule has 0 saturated carbocycles. The molecular weight excluding hydrogens is 536 g/mol. The molecule has 1 aliphatic rings. The number of aliphatic hydroxyl groups is 1. The van der Waals surface area contributed by atoms with Crippen molar-refractivity contribution >= 4 is 28.6 Å². The maximum Gasteiger partial charge on any atom is 0.303 e. The first-order valence-electron chi connectivity index (χ1n) is 12.7. The highest BCUT2D eigenvalue weighted by Crippen LogP contribution is 2.35. The normalized spacial score (nSPS) is 18.8. The van der Waals surface area contributed by atoms with Gasteiger partial charge in [0.15, 0.2) is 17.5 Å². The molecule has 0 radical (unpaired) electrons. The molecule has 1 aliphatic heterocycles. The van der Waals surface area contributed by atoms with Crippen LogP contribution in [0.3, 0.4) is 0 Å². The number of rotatable bonds is 11. The second-order valence-electron chi connectivity index (χ2n) is 9.73. The summed E-state index contributed by atoms with van der Waals surface area (Å²) in [6.07, 6.45) is 2.63. The number of piperidine rings is 1. The number of likely N-dealkylation sites (tertiary alicyclic amines) is 1. The van der Waals surface area contributed by atoms with Gasteiger partial charge in [-0.05, 0) is 67.5 Å². The van der Waals surface area contributed by atoms with Crippen LogP contribution in [0.2, 0.25) is 0 Å². The Hall–Kier alpha value is -2.89. The van der Waals surface area contributed by atoms with Crippen molar-refractivity contribution in [3.05, 3.63) is 65.4 Å². The zero-order valence-corrected chi connectivity index (χ0v) is 22.2. The fourth-order valence-corrected chi connectivity index (χ4v) is 6.21. The summed E-state index contributed by atoms with van der Waals surface area (Å²) in [7, 11) is 1.57. The van der Waals surface area contributed by atoms with Gasteiger partial charge in [0, 0.05) is 42.9 Å². The molecule has 210 valence electrons. The van der Waals surface area contributed by atoms with Gasteiger partial charge in [-0.1, -0.05) is 0 Å². The summed E-state index contributed by atoms with van der Waals surface area (Å²) in [6, 6.07) is 7.58. The molecular formula is C28H30F4N2O4S. The predicted octanol–water partition coefficient (Wildman–Crippen LogP) is 5.82. The van der Waals surface area contributed by atoms with Gasteiger partial charge in [0.2, 0.25) is 0 Å². The van der Waals surface area contributed by atoms with Crippen molar-refractivity contribution in [1.29, 1.82) is 0 Å². The summed E-state index contributed by atoms with van der Waals surface area (Å²) in [5.41, 5.74) is 1.48. The van der Waals surface area contributed by atoms with E-state index in [2.05, 4.69) is 4.98 Å². The van der Waals surface area contributed by atoms with E-state index in [9.17, 15) is 32.6 Å². The monoisotopic (exact) mass is 566 g/mol. The van der Waals surface area contributed by atoms with Crippen LogP contribution in [0.4, 0.5) is 17.6 Å². The number of methoxy groups -OCH3 is 1. The Bertz CT molecular complexity index is 1330. The van der Waals surface area contributed by atoms with E-state index in [1.807, 2.05) is 17.0 Å². The van der Waals surface area contributed by atoms with E-state index in [-0.39, 0.29) is 24.0 Å². The van der Waals surface area contributed by atoms with Gasteiger partial charge < -0.3 is 19.8 Å². The lowest BCUT2D eigenvalue weighted by atomic mass is 9.79. The van der Waals surface area contributed by atoms with E-state index in [4.69, 9.17) is 4.74 Å². The van der Waals surface area contributed by atoms with Gasteiger partial charge in [-0.15, -0.1) is 11.8 Å². The van der Waals surface area contributed by atoms with Gasteiger partial charge in [-0.3, -0.25) is 9.78 Å². The van der Waals surface area contributed by atoms with Gasteiger partial charge in [0.1, 0.15) is 11.6 Å². The Labute approximate surface area is 228 Å². The number of nitrogens with zero attached hydrogens (tertiary/aromatic N) is 2. The van der Waals surface area contributed by atoms with Crippen LogP contribution < -0.4 is 4.74 Å². The minimum atomic E-state index is -1.71. The Balaban J connectivity index is 1.36. The molecule has 3 aromatic rings. The van der Waals surface area contributed by atoms with E-state index in [0.717, 1.165) is 28.2 Å². The Morgan fingerprint density at radius 1 is 1.15 bits per heavy atom. The number of thioether (sulfide) groups is 1. The number of aliphatic hydroxyl groups excluding tert-OH is 1. The van der Waals surface area contributed by atoms with E-state index in [0.29, 0.717) is 50.7 Å². The number of pyridine rings is 1. The van der Waals surface area contributed by atoms with Crippen LogP contribution >= 0.6 is 11.8 Å². The molecule has 2 aromatic carbocycles. The fraction of sp³-hybridized carbons (Fsp3) is 0.429. The Morgan fingerprint density at radius 2 is 1.95 bits per heavy atom. The molecule has 0 spiro atoms. The van der Waals surface area contributed by atoms with Gasteiger partial charge in [0.25, 0.3) is 0 Å². The third kappa shape index (κ3) is 7.01. The number of hydrogen-bond acceptors (Lipinski definition) is 6. The molecule has 6 nitrogen and oxygen atoms in total. The van der Waals surface area contributed by atoms with E-state index in [1.54, 1.807) is 25.4 Å². The van der Waals surface area contributed by atoms with E-state index < -0.39 is 40.2 Å². The highest BCUT2D eigenvalue weighted by molar-refractivity contribution is 7.99. The van der Waals surface area contributed by atoms with Crippen molar-refractivity contribution in [3.63, 3.8) is 0 Å². The van der Waals surface area contributed by atoms with Crippen LogP contribution in [0.1, 0.15) is 37.4 Å². The van der Waals surface area contributed by atoms with Crippen LogP contribution in [-0.2, 0) is 4.79 Å². The molecule has 4 rings (SSSR count). The quantitative estimate of drug-likeness (QED) is 0.131. The smallest absolute Gasteiger partial charge is 0.303 e. The molecule has 1 unspecified atom stereocenters. The molecule has 2 heterocycles. The van der Waals surface area contributed by atoms with Crippen molar-refractivity contribution < 1.29 is 37.3 Å². The molecule has 0 amide bonds. The second-order valence-corrected chi connectivity index (χ2v) is 10.8. The summed E-state index contributed by atoms with van der Waals surface area (Å²) in [5, 5.41) is 21.3. The SMILES string of the molecule is COc1ccc2nccc(C(O)CC[C@@H]3CCN(CCSc4c(F)cc(F)c(F)c4F)C[C@@H]3CC(=O)O)c2c1. The van der Waals surface area contributed by atoms with Crippen LogP contribution in [-0.4, -0.2) is 58.6 Å². The van der Waals surface area contributed by atoms with Crippen LogP contribution in [0.25, 0.3) is 10.9 Å². The molecule has 2 N–H and O–H groups in total. The maximum atomic E-state index is 14.0. The van der Waals surface area contributed by atoms with Gasteiger partial charge in [-0.2, -0.15) is 0 Å². The average Bonchev–Trinajstić information content (AvgIpc) is 2.92. The lowest BCUT2D eigenvalue weighted by Gasteiger charge is -2.38. The molecule has 1 saturated heterocycles. The number of carboxylic acids is 1. The number of ether oxygens (including phenoxy) is 1. The molecule has 0 bridgehead atoms. The van der Waals surface area contributed by atoms with Crippen molar-refractivity contribution in [2.75, 3.05) is 32.5 Å². The van der Waals surface area contributed by atoms with Crippen LogP contribution in [0, 0.1) is 35.1 Å². The standard InChI is InChI=1S/C28H30F4N2O4S/c1-38-18-3-4-23-20(13-18)19(6-8-33-23)24(35)5-2-16-7-9-34(15-17(16)12-25(36)37)10-11-39-28-22(30)14-21(29)26(31)27(28)32/h3-4,6,8,13-14,16-17,24,35H,2,5,7,9-12,15H2,1H3,(H,36,37)/t16-,17+,24?/m1/s1. The molecule has 1 aromatic heterocycles. The first kappa shape index (κ1) is 29.1. The highest BCUT2D eigenvalue weighted by atomic mass is 32.2. The minimum Gasteiger partial charge on any atom is -0.497 e. The highest BCUT2D eigenvalue weighted by Gasteiger charge is 2.31. The lowest BCUT2D eigenvalue weighted by Crippen LogP contribution is -2.42. The number of benzene rings is 2. The summed E-state index contributed by atoms with van der Waals surface area (Å²) < 4.78 is 59.9. The number of aromatic nitrogens is 1. The third-order valence-corrected chi connectivity index (χ3v) is 8.34. The van der Waals surface area contributed by atoms with E-state index >= 15 is 0 Å². The van der Waals surface area contributed by atoms with E-state index in [1.165, 1.54) is 0 Å². The van der Waals surface area contributed by atoms with Crippen molar-refractivity contribution in [1.82, 2.24) is 9.88 Å². The van der Waals surface area contributed by atoms with Crippen molar-refractivity contribution in [2.24, 2.45) is 11.8 Å². The van der Waals surface area contributed by atoms with Gasteiger partial charge in [0.05, 0.1) is 23.6 Å². The summed E-state index contributed by atoms with van der Waals surface area (Å²) in [4.78, 5) is 17.4. The van der Waals surface area contributed by atoms with Crippen LogP contribution in [0.15, 0.2) is 41.4 Å². The topological polar surface area (TPSA) is 82.9 Å². The molecule has 11 heteroatoms. The largest absolute Gasteiger partial charge is 0.497 e. The summed E-state index contributed by atoms with van der Waals surface area (Å²) in [5.74, 6) is -6.11. The number of halogens is 4. The lowest BCUT2D eigenvalue weighted by molar-refractivity contribution is -0.139. The summed E-state index contributed by atoms with van der Waals surface area (Å²) >= 11 is 0.760. The fourth-order valence-electron chi connectivity index (χ4n) is 5.24. The average molecular weight is 567 g/mol. The maximum absolute atomic E-state index is 14.0.